The third-order valence-corrected chi connectivity index (χ3v) is 4.09. The van der Waals surface area contributed by atoms with Gasteiger partial charge in [0.2, 0.25) is 0 Å². The van der Waals surface area contributed by atoms with Crippen molar-refractivity contribution in [2.75, 3.05) is 46.5 Å². The second kappa shape index (κ2) is 5.04. The summed E-state index contributed by atoms with van der Waals surface area (Å²) in [7, 11) is -1.94. The van der Waals surface area contributed by atoms with Crippen LogP contribution in [-0.2, 0) is 14.9 Å². The highest BCUT2D eigenvalue weighted by molar-refractivity contribution is 7.86. The van der Waals surface area contributed by atoms with Crippen molar-refractivity contribution in [1.29, 1.82) is 0 Å². The average molecular weight is 224 g/mol. The second-order valence-corrected chi connectivity index (χ2v) is 5.10. The average Bonchev–Trinajstić information content (AvgIpc) is 2.19. The Hall–Kier alpha value is -0.210. The van der Waals surface area contributed by atoms with Gasteiger partial charge in [0.05, 0.1) is 19.8 Å². The van der Waals surface area contributed by atoms with E-state index in [9.17, 15) is 8.42 Å². The van der Waals surface area contributed by atoms with E-state index in [1.807, 2.05) is 0 Å². The first-order valence-corrected chi connectivity index (χ1v) is 5.88. The van der Waals surface area contributed by atoms with Crippen LogP contribution in [-0.4, -0.2) is 68.6 Å². The number of aliphatic hydroxyl groups excluding tert-OH is 1. The molecule has 14 heavy (non-hydrogen) atoms. The maximum absolute atomic E-state index is 11.8. The van der Waals surface area contributed by atoms with Crippen LogP contribution < -0.4 is 0 Å². The van der Waals surface area contributed by atoms with E-state index in [1.165, 1.54) is 11.4 Å². The quantitative estimate of drug-likeness (QED) is 0.630. The molecule has 1 rings (SSSR count). The monoisotopic (exact) mass is 224 g/mol. The molecule has 0 amide bonds. The molecule has 1 aliphatic rings. The molecule has 7 heteroatoms. The summed E-state index contributed by atoms with van der Waals surface area (Å²) in [6, 6.07) is 0. The van der Waals surface area contributed by atoms with E-state index in [4.69, 9.17) is 9.84 Å². The predicted molar refractivity (Wildman–Crippen MR) is 51.0 cm³/mol. The Morgan fingerprint density at radius 2 is 2.00 bits per heavy atom. The maximum atomic E-state index is 11.8. The van der Waals surface area contributed by atoms with Crippen LogP contribution in [0.25, 0.3) is 0 Å². The van der Waals surface area contributed by atoms with Gasteiger partial charge in [0.1, 0.15) is 0 Å². The van der Waals surface area contributed by atoms with Gasteiger partial charge in [-0.3, -0.25) is 0 Å². The number of aliphatic hydroxyl groups is 1. The molecule has 0 aromatic carbocycles. The Bertz CT molecular complexity index is 261. The standard InChI is InChI=1S/C7H16N2O4S/c1-8(2-5-10)14(11,12)9-3-6-13-7-4-9/h10H,2-7H2,1H3. The summed E-state index contributed by atoms with van der Waals surface area (Å²) in [6.07, 6.45) is 0. The molecule has 0 saturated carbocycles. The van der Waals surface area contributed by atoms with E-state index in [-0.39, 0.29) is 13.2 Å². The molecule has 0 atom stereocenters. The van der Waals surface area contributed by atoms with E-state index in [2.05, 4.69) is 0 Å². The van der Waals surface area contributed by atoms with Crippen LogP contribution in [0.5, 0.6) is 0 Å². The van der Waals surface area contributed by atoms with Crippen molar-refractivity contribution in [3.8, 4) is 0 Å². The van der Waals surface area contributed by atoms with Crippen molar-refractivity contribution >= 4 is 10.2 Å². The first-order valence-electron chi connectivity index (χ1n) is 4.49. The van der Waals surface area contributed by atoms with E-state index in [0.717, 1.165) is 4.31 Å². The van der Waals surface area contributed by atoms with Gasteiger partial charge in [0.25, 0.3) is 10.2 Å². The van der Waals surface area contributed by atoms with E-state index in [1.54, 1.807) is 0 Å². The minimum atomic E-state index is -3.40. The van der Waals surface area contributed by atoms with Gasteiger partial charge >= 0.3 is 0 Å². The fourth-order valence-electron chi connectivity index (χ4n) is 1.23. The lowest BCUT2D eigenvalue weighted by atomic mass is 10.5. The van der Waals surface area contributed by atoms with Crippen molar-refractivity contribution in [1.82, 2.24) is 8.61 Å². The van der Waals surface area contributed by atoms with Crippen molar-refractivity contribution in [2.45, 2.75) is 0 Å². The van der Waals surface area contributed by atoms with E-state index in [0.29, 0.717) is 26.3 Å². The van der Waals surface area contributed by atoms with Crippen LogP contribution in [0.2, 0.25) is 0 Å². The number of nitrogens with zero attached hydrogens (tertiary/aromatic N) is 2. The first kappa shape index (κ1) is 11.9. The second-order valence-electron chi connectivity index (χ2n) is 3.06. The molecular weight excluding hydrogens is 208 g/mol. The summed E-state index contributed by atoms with van der Waals surface area (Å²) in [4.78, 5) is 0. The number of morpholine rings is 1. The van der Waals surface area contributed by atoms with E-state index >= 15 is 0 Å². The number of hydrogen-bond donors (Lipinski definition) is 1. The molecule has 0 bridgehead atoms. The lowest BCUT2D eigenvalue weighted by Crippen LogP contribution is -2.47. The minimum absolute atomic E-state index is 0.125. The van der Waals surface area contributed by atoms with Gasteiger partial charge in [-0.15, -0.1) is 0 Å². The molecule has 0 aliphatic carbocycles. The smallest absolute Gasteiger partial charge is 0.281 e. The van der Waals surface area contributed by atoms with Crippen LogP contribution in [0, 0.1) is 0 Å². The van der Waals surface area contributed by atoms with Gasteiger partial charge in [-0.2, -0.15) is 17.0 Å². The highest BCUT2D eigenvalue weighted by Crippen LogP contribution is 2.08. The van der Waals surface area contributed by atoms with Crippen LogP contribution in [0.4, 0.5) is 0 Å². The molecule has 84 valence electrons. The zero-order chi connectivity index (χ0) is 10.6. The molecule has 0 aromatic rings. The Morgan fingerprint density at radius 3 is 2.50 bits per heavy atom. The predicted octanol–water partition coefficient (Wildman–Crippen LogP) is -1.51. The number of rotatable bonds is 4. The highest BCUT2D eigenvalue weighted by atomic mass is 32.2. The lowest BCUT2D eigenvalue weighted by molar-refractivity contribution is 0.0703. The van der Waals surface area contributed by atoms with Crippen molar-refractivity contribution in [2.24, 2.45) is 0 Å². The molecule has 1 aliphatic heterocycles. The van der Waals surface area contributed by atoms with Crippen molar-refractivity contribution in [3.05, 3.63) is 0 Å². The van der Waals surface area contributed by atoms with Gasteiger partial charge in [0, 0.05) is 26.7 Å². The molecule has 1 N–H and O–H groups in total. The van der Waals surface area contributed by atoms with E-state index < -0.39 is 10.2 Å². The molecule has 1 fully saturated rings. The Balaban J connectivity index is 2.62. The Labute approximate surface area is 84.2 Å². The number of ether oxygens (including phenoxy) is 1. The summed E-state index contributed by atoms with van der Waals surface area (Å²) < 4.78 is 31.1. The Morgan fingerprint density at radius 1 is 1.43 bits per heavy atom. The third-order valence-electron chi connectivity index (χ3n) is 2.11. The summed E-state index contributed by atoms with van der Waals surface area (Å²) in [5, 5.41) is 8.65. The molecule has 0 aromatic heterocycles. The summed E-state index contributed by atoms with van der Waals surface area (Å²) in [5.74, 6) is 0. The summed E-state index contributed by atoms with van der Waals surface area (Å²) >= 11 is 0. The van der Waals surface area contributed by atoms with Gasteiger partial charge in [-0.1, -0.05) is 0 Å². The maximum Gasteiger partial charge on any atom is 0.281 e. The zero-order valence-corrected chi connectivity index (χ0v) is 9.03. The number of likely N-dealkylation sites (N-methyl/N-ethyl adjacent to an activating group) is 1. The molecular formula is C7H16N2O4S. The van der Waals surface area contributed by atoms with Gasteiger partial charge in [-0.25, -0.2) is 0 Å². The van der Waals surface area contributed by atoms with Crippen LogP contribution >= 0.6 is 0 Å². The van der Waals surface area contributed by atoms with Crippen LogP contribution in [0.15, 0.2) is 0 Å². The van der Waals surface area contributed by atoms with Gasteiger partial charge in [-0.05, 0) is 0 Å². The molecule has 1 heterocycles. The normalized spacial score (nSPS) is 20.2. The SMILES string of the molecule is CN(CCO)S(=O)(=O)N1CCOCC1. The minimum Gasteiger partial charge on any atom is -0.395 e. The number of hydrogen-bond acceptors (Lipinski definition) is 4. The fourth-order valence-corrected chi connectivity index (χ4v) is 2.55. The molecule has 0 radical (unpaired) electrons. The Kier molecular flexibility index (Phi) is 4.27. The van der Waals surface area contributed by atoms with Crippen LogP contribution in [0.3, 0.4) is 0 Å². The van der Waals surface area contributed by atoms with Crippen LogP contribution in [0.1, 0.15) is 0 Å². The molecule has 0 unspecified atom stereocenters. The summed E-state index contributed by atoms with van der Waals surface area (Å²) in [5.41, 5.74) is 0. The molecule has 1 saturated heterocycles. The van der Waals surface area contributed by atoms with Gasteiger partial charge < -0.3 is 9.84 Å². The fraction of sp³-hybridized carbons (Fsp3) is 1.00. The highest BCUT2D eigenvalue weighted by Gasteiger charge is 2.27. The zero-order valence-electron chi connectivity index (χ0n) is 8.22. The summed E-state index contributed by atoms with van der Waals surface area (Å²) in [6.45, 7) is 1.61. The lowest BCUT2D eigenvalue weighted by Gasteiger charge is -2.29. The molecule has 0 spiro atoms. The van der Waals surface area contributed by atoms with Crippen molar-refractivity contribution < 1.29 is 18.3 Å². The third kappa shape index (κ3) is 2.64. The van der Waals surface area contributed by atoms with Gasteiger partial charge in [0.15, 0.2) is 0 Å². The first-order chi connectivity index (χ1) is 6.59. The topological polar surface area (TPSA) is 70.1 Å². The largest absolute Gasteiger partial charge is 0.395 e. The molecule has 6 nitrogen and oxygen atoms in total. The van der Waals surface area contributed by atoms with Crippen molar-refractivity contribution in [3.63, 3.8) is 0 Å².